The van der Waals surface area contributed by atoms with Crippen molar-refractivity contribution in [2.24, 2.45) is 0 Å². The summed E-state index contributed by atoms with van der Waals surface area (Å²) in [5, 5.41) is 0. The van der Waals surface area contributed by atoms with Gasteiger partial charge in [-0.2, -0.15) is 0 Å². The largest absolute Gasteiger partial charge is 0.497 e. The van der Waals surface area contributed by atoms with Crippen molar-refractivity contribution in [1.29, 1.82) is 0 Å². The van der Waals surface area contributed by atoms with Gasteiger partial charge < -0.3 is 9.47 Å². The maximum Gasteiger partial charge on any atom is 0.118 e. The van der Waals surface area contributed by atoms with Gasteiger partial charge >= 0.3 is 0 Å². The minimum atomic E-state index is 0.224. The summed E-state index contributed by atoms with van der Waals surface area (Å²) in [4.78, 5) is 0. The van der Waals surface area contributed by atoms with E-state index in [4.69, 9.17) is 9.47 Å². The fourth-order valence-electron chi connectivity index (χ4n) is 1.77. The van der Waals surface area contributed by atoms with Crippen molar-refractivity contribution >= 4 is 5.57 Å². The molecule has 1 aliphatic rings. The molecule has 1 unspecified atom stereocenters. The molecule has 1 aromatic carbocycles. The van der Waals surface area contributed by atoms with Gasteiger partial charge in [0.05, 0.1) is 13.2 Å². The summed E-state index contributed by atoms with van der Waals surface area (Å²) in [6.07, 6.45) is 7.57. The topological polar surface area (TPSA) is 18.5 Å². The summed E-state index contributed by atoms with van der Waals surface area (Å²) in [7, 11) is 3.42. The third-order valence-corrected chi connectivity index (χ3v) is 2.79. The molecule has 1 aliphatic carbocycles. The van der Waals surface area contributed by atoms with Crippen LogP contribution in [0, 0.1) is 0 Å². The number of benzene rings is 1. The SMILES string of the molecule is COc1ccc(C2=CCC(OC)C=C2)cc1. The van der Waals surface area contributed by atoms with Crippen LogP contribution in [0.4, 0.5) is 0 Å². The zero-order valence-corrected chi connectivity index (χ0v) is 9.64. The minimum absolute atomic E-state index is 0.224. The van der Waals surface area contributed by atoms with Crippen LogP contribution >= 0.6 is 0 Å². The second-order valence-electron chi connectivity index (χ2n) is 3.76. The fourth-order valence-corrected chi connectivity index (χ4v) is 1.77. The number of allylic oxidation sites excluding steroid dienone is 2. The van der Waals surface area contributed by atoms with E-state index in [1.54, 1.807) is 14.2 Å². The average Bonchev–Trinajstić information content (AvgIpc) is 2.39. The van der Waals surface area contributed by atoms with Crippen LogP contribution in [0.5, 0.6) is 5.75 Å². The first kappa shape index (κ1) is 11.0. The summed E-state index contributed by atoms with van der Waals surface area (Å²) < 4.78 is 10.4. The molecular weight excluding hydrogens is 200 g/mol. The molecule has 1 atom stereocenters. The Morgan fingerprint density at radius 2 is 1.88 bits per heavy atom. The van der Waals surface area contributed by atoms with Gasteiger partial charge in [-0.3, -0.25) is 0 Å². The molecule has 0 saturated heterocycles. The van der Waals surface area contributed by atoms with E-state index in [2.05, 4.69) is 30.4 Å². The summed E-state index contributed by atoms with van der Waals surface area (Å²) in [5.41, 5.74) is 2.46. The van der Waals surface area contributed by atoms with Crippen molar-refractivity contribution in [2.75, 3.05) is 14.2 Å². The van der Waals surface area contributed by atoms with Crippen LogP contribution in [0.1, 0.15) is 12.0 Å². The second kappa shape index (κ2) is 4.99. The number of rotatable bonds is 3. The molecular formula is C14H16O2. The van der Waals surface area contributed by atoms with Crippen molar-refractivity contribution in [1.82, 2.24) is 0 Å². The molecule has 0 fully saturated rings. The number of hydrogen-bond acceptors (Lipinski definition) is 2. The molecule has 0 radical (unpaired) electrons. The lowest BCUT2D eigenvalue weighted by Crippen LogP contribution is -2.07. The van der Waals surface area contributed by atoms with Gasteiger partial charge in [0.2, 0.25) is 0 Å². The lowest BCUT2D eigenvalue weighted by molar-refractivity contribution is 0.143. The standard InChI is InChI=1S/C14H16O2/c1-15-13-7-3-11(4-8-13)12-5-9-14(16-2)10-6-12/h3-9,14H,10H2,1-2H3. The summed E-state index contributed by atoms with van der Waals surface area (Å²) in [6, 6.07) is 8.10. The Kier molecular flexibility index (Phi) is 3.42. The minimum Gasteiger partial charge on any atom is -0.497 e. The molecule has 0 saturated carbocycles. The van der Waals surface area contributed by atoms with Crippen LogP contribution in [0.15, 0.2) is 42.5 Å². The zero-order chi connectivity index (χ0) is 11.4. The molecule has 0 spiro atoms. The maximum absolute atomic E-state index is 5.26. The summed E-state index contributed by atoms with van der Waals surface area (Å²) in [6.45, 7) is 0. The van der Waals surface area contributed by atoms with Crippen LogP contribution in [0.2, 0.25) is 0 Å². The molecule has 0 aromatic heterocycles. The number of ether oxygens (including phenoxy) is 2. The fraction of sp³-hybridized carbons (Fsp3) is 0.286. The van der Waals surface area contributed by atoms with Gasteiger partial charge in [0.1, 0.15) is 5.75 Å². The van der Waals surface area contributed by atoms with Crippen LogP contribution in [-0.2, 0) is 4.74 Å². The van der Waals surface area contributed by atoms with Crippen LogP contribution in [0.3, 0.4) is 0 Å². The van der Waals surface area contributed by atoms with Crippen molar-refractivity contribution in [3.63, 3.8) is 0 Å². The van der Waals surface area contributed by atoms with Gasteiger partial charge in [0.25, 0.3) is 0 Å². The normalized spacial score (nSPS) is 19.4. The van der Waals surface area contributed by atoms with E-state index in [0.29, 0.717) is 0 Å². The van der Waals surface area contributed by atoms with Crippen LogP contribution in [0.25, 0.3) is 5.57 Å². The smallest absolute Gasteiger partial charge is 0.118 e. The molecule has 0 bridgehead atoms. The van der Waals surface area contributed by atoms with Crippen LogP contribution in [-0.4, -0.2) is 20.3 Å². The van der Waals surface area contributed by atoms with Gasteiger partial charge in [-0.1, -0.05) is 30.4 Å². The number of hydrogen-bond donors (Lipinski definition) is 0. The quantitative estimate of drug-likeness (QED) is 0.773. The second-order valence-corrected chi connectivity index (χ2v) is 3.76. The first-order chi connectivity index (χ1) is 7.83. The zero-order valence-electron chi connectivity index (χ0n) is 9.64. The molecule has 2 rings (SSSR count). The third-order valence-electron chi connectivity index (χ3n) is 2.79. The molecule has 0 amide bonds. The summed E-state index contributed by atoms with van der Waals surface area (Å²) >= 11 is 0. The molecule has 0 N–H and O–H groups in total. The summed E-state index contributed by atoms with van der Waals surface area (Å²) in [5.74, 6) is 0.888. The van der Waals surface area contributed by atoms with E-state index < -0.39 is 0 Å². The van der Waals surface area contributed by atoms with E-state index in [-0.39, 0.29) is 6.10 Å². The van der Waals surface area contributed by atoms with E-state index in [0.717, 1.165) is 12.2 Å². The molecule has 0 aliphatic heterocycles. The highest BCUT2D eigenvalue weighted by molar-refractivity contribution is 5.75. The maximum atomic E-state index is 5.26. The van der Waals surface area contributed by atoms with E-state index in [1.807, 2.05) is 12.1 Å². The molecule has 0 heterocycles. The highest BCUT2D eigenvalue weighted by Crippen LogP contribution is 2.24. The molecule has 2 nitrogen and oxygen atoms in total. The highest BCUT2D eigenvalue weighted by atomic mass is 16.5. The Hall–Kier alpha value is -1.54. The van der Waals surface area contributed by atoms with E-state index in [9.17, 15) is 0 Å². The van der Waals surface area contributed by atoms with E-state index in [1.165, 1.54) is 11.1 Å². The Bertz CT molecular complexity index is 401. The first-order valence-electron chi connectivity index (χ1n) is 5.39. The lowest BCUT2D eigenvalue weighted by Gasteiger charge is -2.14. The monoisotopic (exact) mass is 216 g/mol. The van der Waals surface area contributed by atoms with Gasteiger partial charge in [-0.15, -0.1) is 0 Å². The van der Waals surface area contributed by atoms with Gasteiger partial charge in [-0.25, -0.2) is 0 Å². The van der Waals surface area contributed by atoms with Gasteiger partial charge in [0, 0.05) is 7.11 Å². The highest BCUT2D eigenvalue weighted by Gasteiger charge is 2.08. The first-order valence-corrected chi connectivity index (χ1v) is 5.39. The Morgan fingerprint density at radius 3 is 2.38 bits per heavy atom. The van der Waals surface area contributed by atoms with Crippen molar-refractivity contribution < 1.29 is 9.47 Å². The molecule has 1 aromatic rings. The Balaban J connectivity index is 2.14. The van der Waals surface area contributed by atoms with Gasteiger partial charge in [-0.05, 0) is 29.7 Å². The van der Waals surface area contributed by atoms with Crippen molar-refractivity contribution in [3.8, 4) is 5.75 Å². The third kappa shape index (κ3) is 2.34. The predicted molar refractivity (Wildman–Crippen MR) is 65.5 cm³/mol. The van der Waals surface area contributed by atoms with Gasteiger partial charge in [0.15, 0.2) is 0 Å². The Morgan fingerprint density at radius 1 is 1.12 bits per heavy atom. The van der Waals surface area contributed by atoms with Crippen molar-refractivity contribution in [2.45, 2.75) is 12.5 Å². The van der Waals surface area contributed by atoms with Crippen LogP contribution < -0.4 is 4.74 Å². The average molecular weight is 216 g/mol. The molecule has 84 valence electrons. The predicted octanol–water partition coefficient (Wildman–Crippen LogP) is 3.05. The lowest BCUT2D eigenvalue weighted by atomic mass is 9.98. The van der Waals surface area contributed by atoms with E-state index >= 15 is 0 Å². The van der Waals surface area contributed by atoms with Crippen molar-refractivity contribution in [3.05, 3.63) is 48.1 Å². The Labute approximate surface area is 96.2 Å². The molecule has 2 heteroatoms. The number of methoxy groups -OCH3 is 2. The molecule has 16 heavy (non-hydrogen) atoms.